The molecule has 3 aromatic rings. The molecule has 1 aromatic heterocycles. The lowest BCUT2D eigenvalue weighted by Gasteiger charge is -2.49. The summed E-state index contributed by atoms with van der Waals surface area (Å²) in [5.41, 5.74) is -0.232. The van der Waals surface area contributed by atoms with Gasteiger partial charge in [0.2, 0.25) is 23.6 Å². The third kappa shape index (κ3) is 3.95. The van der Waals surface area contributed by atoms with Crippen molar-refractivity contribution in [1.29, 1.82) is 0 Å². The average Bonchev–Trinajstić information content (AvgIpc) is 3.63. The summed E-state index contributed by atoms with van der Waals surface area (Å²) in [7, 11) is 0. The number of amides is 4. The van der Waals surface area contributed by atoms with Gasteiger partial charge >= 0.3 is 0 Å². The molecule has 6 atom stereocenters. The topological polar surface area (TPSA) is 95.0 Å². The summed E-state index contributed by atoms with van der Waals surface area (Å²) in [6.07, 6.45) is 2.26. The van der Waals surface area contributed by atoms with E-state index < -0.39 is 64.2 Å². The summed E-state index contributed by atoms with van der Waals surface area (Å²) < 4.78 is 28.8. The summed E-state index contributed by atoms with van der Waals surface area (Å²) in [4.78, 5) is 59.0. The molecule has 2 aromatic carbocycles. The van der Waals surface area contributed by atoms with Crippen LogP contribution in [0.5, 0.6) is 5.75 Å². The fraction of sp³-hybridized carbons (Fsp3) is 0.312. The zero-order valence-electron chi connectivity index (χ0n) is 22.8. The number of phenols is 1. The van der Waals surface area contributed by atoms with E-state index in [1.165, 1.54) is 40.5 Å². The minimum atomic E-state index is -1.40. The molecule has 3 heterocycles. The van der Waals surface area contributed by atoms with Crippen molar-refractivity contribution >= 4 is 52.3 Å². The van der Waals surface area contributed by atoms with Crippen LogP contribution >= 0.6 is 22.9 Å². The van der Waals surface area contributed by atoms with E-state index in [1.54, 1.807) is 6.92 Å². The number of fused-ring (bicyclic) bond motifs is 4. The van der Waals surface area contributed by atoms with Crippen LogP contribution in [0.3, 0.4) is 0 Å². The smallest absolute Gasteiger partial charge is 0.241 e. The van der Waals surface area contributed by atoms with Gasteiger partial charge in [0, 0.05) is 10.8 Å². The Morgan fingerprint density at radius 3 is 2.49 bits per heavy atom. The molecule has 0 spiro atoms. The zero-order valence-corrected chi connectivity index (χ0v) is 24.4. The number of hydrogen-bond donors (Lipinski definition) is 1. The second kappa shape index (κ2) is 9.82. The third-order valence-electron chi connectivity index (χ3n) is 9.73. The fourth-order valence-electron chi connectivity index (χ4n) is 7.75. The van der Waals surface area contributed by atoms with Crippen LogP contribution in [0.15, 0.2) is 65.6 Å². The maximum Gasteiger partial charge on any atom is 0.241 e. The number of halogens is 3. The van der Waals surface area contributed by atoms with E-state index in [0.717, 1.165) is 21.9 Å². The predicted octanol–water partition coefficient (Wildman–Crippen LogP) is 5.82. The minimum absolute atomic E-state index is 0.108. The van der Waals surface area contributed by atoms with E-state index in [-0.39, 0.29) is 41.9 Å². The highest BCUT2D eigenvalue weighted by Crippen LogP contribution is 2.63. The quantitative estimate of drug-likeness (QED) is 0.292. The van der Waals surface area contributed by atoms with Crippen LogP contribution in [0.25, 0.3) is 0 Å². The Morgan fingerprint density at radius 1 is 1.00 bits per heavy atom. The molecule has 4 aliphatic rings. The largest absolute Gasteiger partial charge is 0.505 e. The second-order valence-electron chi connectivity index (χ2n) is 11.8. The number of aromatic hydroxyl groups is 1. The molecule has 1 N–H and O–H groups in total. The Bertz CT molecular complexity index is 1760. The van der Waals surface area contributed by atoms with Gasteiger partial charge in [-0.1, -0.05) is 35.4 Å². The number of hydrogen-bond acceptors (Lipinski definition) is 6. The molecule has 7 rings (SSSR count). The molecule has 0 radical (unpaired) electrons. The number of thiophene rings is 1. The lowest BCUT2D eigenvalue weighted by Crippen LogP contribution is -2.48. The third-order valence-corrected chi connectivity index (χ3v) is 10.9. The Hall–Kier alpha value is -3.89. The Balaban J connectivity index is 1.35. The highest BCUT2D eigenvalue weighted by Gasteiger charge is 2.67. The van der Waals surface area contributed by atoms with Gasteiger partial charge in [-0.2, -0.15) is 0 Å². The van der Waals surface area contributed by atoms with E-state index in [0.29, 0.717) is 11.1 Å². The molecule has 2 aliphatic heterocycles. The van der Waals surface area contributed by atoms with Crippen molar-refractivity contribution in [2.45, 2.75) is 32.2 Å². The highest BCUT2D eigenvalue weighted by atomic mass is 35.5. The molecule has 4 amide bonds. The van der Waals surface area contributed by atoms with E-state index in [2.05, 4.69) is 0 Å². The summed E-state index contributed by atoms with van der Waals surface area (Å²) in [6.45, 7) is 1.82. The van der Waals surface area contributed by atoms with Crippen LogP contribution in [0.4, 0.5) is 14.5 Å². The van der Waals surface area contributed by atoms with Crippen LogP contribution < -0.4 is 4.90 Å². The molecule has 0 unspecified atom stereocenters. The van der Waals surface area contributed by atoms with Gasteiger partial charge in [0.1, 0.15) is 5.82 Å². The van der Waals surface area contributed by atoms with E-state index >= 15 is 0 Å². The van der Waals surface area contributed by atoms with E-state index in [4.69, 9.17) is 11.6 Å². The Kier molecular flexibility index (Phi) is 6.37. The van der Waals surface area contributed by atoms with Crippen LogP contribution in [-0.2, 0) is 25.7 Å². The van der Waals surface area contributed by atoms with Crippen LogP contribution in [0.2, 0.25) is 5.02 Å². The van der Waals surface area contributed by atoms with Gasteiger partial charge < -0.3 is 5.11 Å². The van der Waals surface area contributed by atoms with Crippen molar-refractivity contribution in [3.63, 3.8) is 0 Å². The van der Waals surface area contributed by atoms with Crippen LogP contribution in [-0.4, -0.2) is 33.6 Å². The first-order chi connectivity index (χ1) is 20.5. The van der Waals surface area contributed by atoms with Gasteiger partial charge in [-0.3, -0.25) is 24.1 Å². The van der Waals surface area contributed by atoms with E-state index in [1.807, 2.05) is 23.6 Å². The monoisotopic (exact) mass is 622 g/mol. The summed E-state index contributed by atoms with van der Waals surface area (Å²) >= 11 is 7.46. The van der Waals surface area contributed by atoms with Crippen molar-refractivity contribution in [2.24, 2.45) is 29.1 Å². The van der Waals surface area contributed by atoms with Crippen LogP contribution in [0, 0.1) is 40.7 Å². The van der Waals surface area contributed by atoms with Crippen molar-refractivity contribution in [3.05, 3.63) is 92.7 Å². The summed E-state index contributed by atoms with van der Waals surface area (Å²) in [5, 5.41) is 11.6. The number of allylic oxidation sites excluding steroid dienone is 2. The molecule has 2 aliphatic carbocycles. The number of phenolic OH excluding ortho intramolecular Hbond substituents is 1. The number of anilines is 1. The first-order valence-corrected chi connectivity index (χ1v) is 15.2. The van der Waals surface area contributed by atoms with Crippen molar-refractivity contribution in [2.75, 3.05) is 4.90 Å². The number of carbonyl (C=O) groups is 4. The maximum atomic E-state index is 14.8. The van der Waals surface area contributed by atoms with Crippen molar-refractivity contribution in [1.82, 2.24) is 4.90 Å². The normalized spacial score (nSPS) is 30.0. The van der Waals surface area contributed by atoms with Gasteiger partial charge in [0.25, 0.3) is 0 Å². The number of benzene rings is 2. The van der Waals surface area contributed by atoms with Crippen molar-refractivity contribution in [3.8, 4) is 5.75 Å². The average molecular weight is 623 g/mol. The predicted molar refractivity (Wildman–Crippen MR) is 154 cm³/mol. The van der Waals surface area contributed by atoms with Gasteiger partial charge in [-0.25, -0.2) is 13.7 Å². The Morgan fingerprint density at radius 2 is 1.79 bits per heavy atom. The number of imide groups is 2. The van der Waals surface area contributed by atoms with Crippen molar-refractivity contribution < 1.29 is 33.1 Å². The lowest BCUT2D eigenvalue weighted by molar-refractivity contribution is -0.141. The summed E-state index contributed by atoms with van der Waals surface area (Å²) in [5.74, 6) is -7.50. The fourth-order valence-corrected chi connectivity index (χ4v) is 8.62. The van der Waals surface area contributed by atoms with Gasteiger partial charge in [0.05, 0.1) is 40.4 Å². The van der Waals surface area contributed by atoms with Crippen LogP contribution in [0.1, 0.15) is 36.1 Å². The maximum absolute atomic E-state index is 14.8. The molecule has 2 saturated heterocycles. The van der Waals surface area contributed by atoms with Gasteiger partial charge in [-0.15, -0.1) is 11.3 Å². The standard InChI is InChI=1S/C32H25ClF2N2O5S/c1-32-21(29(40)37(31(32)42)16-5-8-23(34)22(33)12-16)13-20-18(27(32)15-4-9-25(38)24(35)11-15)6-7-19-26(20)30(41)36(28(19)39)14-17-3-2-10-43-17/h2-6,8-12,19-21,26-27,38H,7,13-14H2,1H3/t19-,20+,21-,26-,27-,32+/m0/s1. The molecule has 43 heavy (non-hydrogen) atoms. The molecule has 11 heteroatoms. The molecule has 7 nitrogen and oxygen atoms in total. The lowest BCUT2D eigenvalue weighted by atomic mass is 9.51. The first-order valence-electron chi connectivity index (χ1n) is 13.9. The molecule has 1 saturated carbocycles. The molecule has 3 fully saturated rings. The van der Waals surface area contributed by atoms with Gasteiger partial charge in [0.15, 0.2) is 11.6 Å². The second-order valence-corrected chi connectivity index (χ2v) is 13.3. The first kappa shape index (κ1) is 27.9. The molecule has 0 bridgehead atoms. The zero-order chi connectivity index (χ0) is 30.4. The Labute approximate surface area is 254 Å². The number of likely N-dealkylation sites (tertiary alicyclic amines) is 1. The minimum Gasteiger partial charge on any atom is -0.505 e. The number of nitrogens with zero attached hydrogens (tertiary/aromatic N) is 2. The molecule has 220 valence electrons. The number of carbonyl (C=O) groups excluding carboxylic acids is 4. The number of rotatable bonds is 4. The molecular formula is C32H25ClF2N2O5S. The SMILES string of the molecule is C[C@@]12C(=O)N(c3ccc(F)c(Cl)c3)C(=O)[C@@H]1C[C@@H]1C(=CC[C@@H]3C(=O)N(Cc4cccs4)C(=O)[C@@H]31)[C@@H]2c1ccc(O)c(F)c1. The summed E-state index contributed by atoms with van der Waals surface area (Å²) in [6, 6.07) is 11.2. The highest BCUT2D eigenvalue weighted by molar-refractivity contribution is 7.09. The van der Waals surface area contributed by atoms with E-state index in [9.17, 15) is 33.1 Å². The molecular weight excluding hydrogens is 598 g/mol. The van der Waals surface area contributed by atoms with Gasteiger partial charge in [-0.05, 0) is 73.0 Å².